The molecule has 1 aliphatic rings. The number of nitrogens with zero attached hydrogens (tertiary/aromatic N) is 1. The lowest BCUT2D eigenvalue weighted by Crippen LogP contribution is -2.16. The second-order valence-corrected chi connectivity index (χ2v) is 3.40. The zero-order chi connectivity index (χ0) is 9.84. The first-order chi connectivity index (χ1) is 6.11. The first kappa shape index (κ1) is 9.79. The second-order valence-electron chi connectivity index (χ2n) is 2.26. The molecule has 0 atom stereocenters. The third-order valence-electron chi connectivity index (χ3n) is 1.28. The van der Waals surface area contributed by atoms with E-state index in [4.69, 9.17) is 5.73 Å². The Labute approximate surface area is 79.0 Å². The Bertz CT molecular complexity index is 309. The van der Waals surface area contributed by atoms with Crippen molar-refractivity contribution in [1.29, 1.82) is 0 Å². The highest BCUT2D eigenvalue weighted by atomic mass is 32.2. The fraction of sp³-hybridized carbons (Fsp3) is 0.286. The van der Waals surface area contributed by atoms with Crippen LogP contribution in [-0.4, -0.2) is 24.2 Å². The topological polar surface area (TPSA) is 81.8 Å². The van der Waals surface area contributed by atoms with Gasteiger partial charge in [0, 0.05) is 11.0 Å². The largest absolute Gasteiger partial charge is 0.466 e. The lowest BCUT2D eigenvalue weighted by molar-refractivity contribution is -0.134. The minimum absolute atomic E-state index is 0.112. The minimum atomic E-state index is -0.495. The van der Waals surface area contributed by atoms with Gasteiger partial charge in [0.1, 0.15) is 0 Å². The number of carbonyl (C=O) groups is 2. The highest BCUT2D eigenvalue weighted by molar-refractivity contribution is 8.17. The monoisotopic (exact) mass is 200 g/mol. The number of hydrogen-bond donors (Lipinski definition) is 1. The maximum atomic E-state index is 10.9. The molecule has 0 aromatic rings. The van der Waals surface area contributed by atoms with Crippen LogP contribution in [0.2, 0.25) is 0 Å². The average molecular weight is 200 g/mol. The van der Waals surface area contributed by atoms with Crippen molar-refractivity contribution in [2.75, 3.05) is 7.11 Å². The summed E-state index contributed by atoms with van der Waals surface area (Å²) < 4.78 is 4.40. The SMILES string of the molecule is COC(=O)/C=C1\CC(=O)N=C(N)S1. The molecule has 1 amide bonds. The maximum Gasteiger partial charge on any atom is 0.331 e. The van der Waals surface area contributed by atoms with Gasteiger partial charge in [-0.25, -0.2) is 4.79 Å². The number of carbonyl (C=O) groups excluding carboxylic acids is 2. The molecule has 70 valence electrons. The van der Waals surface area contributed by atoms with Gasteiger partial charge >= 0.3 is 5.97 Å². The van der Waals surface area contributed by atoms with Gasteiger partial charge in [0.2, 0.25) is 0 Å². The number of hydrogen-bond acceptors (Lipinski definition) is 5. The highest BCUT2D eigenvalue weighted by Gasteiger charge is 2.16. The van der Waals surface area contributed by atoms with Gasteiger partial charge in [0.25, 0.3) is 5.91 Å². The summed E-state index contributed by atoms with van der Waals surface area (Å²) in [6.45, 7) is 0. The molecule has 13 heavy (non-hydrogen) atoms. The number of methoxy groups -OCH3 is 1. The van der Waals surface area contributed by atoms with Crippen LogP contribution in [0.5, 0.6) is 0 Å². The molecule has 6 heteroatoms. The third-order valence-corrected chi connectivity index (χ3v) is 2.10. The fourth-order valence-electron chi connectivity index (χ4n) is 0.776. The second kappa shape index (κ2) is 4.08. The standard InChI is InChI=1S/C7H8N2O3S/c1-12-6(11)3-4-2-5(10)9-7(8)13-4/h3H,2H2,1H3,(H2,8,9,10)/b4-3+. The molecule has 2 N–H and O–H groups in total. The molecular weight excluding hydrogens is 192 g/mol. The van der Waals surface area contributed by atoms with Gasteiger partial charge in [-0.3, -0.25) is 4.79 Å². The van der Waals surface area contributed by atoms with Gasteiger partial charge in [-0.1, -0.05) is 11.8 Å². The summed E-state index contributed by atoms with van der Waals surface area (Å²) in [5.41, 5.74) is 5.33. The average Bonchev–Trinajstić information content (AvgIpc) is 2.02. The number of esters is 1. The molecule has 0 saturated heterocycles. The van der Waals surface area contributed by atoms with Gasteiger partial charge in [0.05, 0.1) is 13.5 Å². The molecule has 0 radical (unpaired) electrons. The summed E-state index contributed by atoms with van der Waals surface area (Å²) in [5.74, 6) is -0.837. The molecule has 1 aliphatic heterocycles. The van der Waals surface area contributed by atoms with E-state index in [1.807, 2.05) is 0 Å². The van der Waals surface area contributed by atoms with Gasteiger partial charge in [0.15, 0.2) is 5.17 Å². The summed E-state index contributed by atoms with van der Waals surface area (Å²) >= 11 is 1.10. The molecule has 0 unspecified atom stereocenters. The minimum Gasteiger partial charge on any atom is -0.466 e. The van der Waals surface area contributed by atoms with Crippen molar-refractivity contribution >= 4 is 28.8 Å². The van der Waals surface area contributed by atoms with E-state index in [0.29, 0.717) is 4.91 Å². The van der Waals surface area contributed by atoms with Crippen molar-refractivity contribution in [1.82, 2.24) is 0 Å². The van der Waals surface area contributed by atoms with Crippen molar-refractivity contribution in [3.05, 3.63) is 11.0 Å². The van der Waals surface area contributed by atoms with Crippen molar-refractivity contribution in [3.63, 3.8) is 0 Å². The molecule has 1 heterocycles. The number of thioether (sulfide) groups is 1. The maximum absolute atomic E-state index is 10.9. The Morgan fingerprint density at radius 1 is 1.77 bits per heavy atom. The summed E-state index contributed by atoms with van der Waals surface area (Å²) in [7, 11) is 1.27. The normalized spacial score (nSPS) is 19.9. The van der Waals surface area contributed by atoms with Crippen molar-refractivity contribution < 1.29 is 14.3 Å². The van der Waals surface area contributed by atoms with Crippen LogP contribution >= 0.6 is 11.8 Å². The molecule has 0 spiro atoms. The number of nitrogens with two attached hydrogens (primary N) is 1. The van der Waals surface area contributed by atoms with E-state index in [1.165, 1.54) is 13.2 Å². The Hall–Kier alpha value is -1.30. The zero-order valence-electron chi connectivity index (χ0n) is 6.94. The molecule has 0 aromatic carbocycles. The predicted molar refractivity (Wildman–Crippen MR) is 48.9 cm³/mol. The van der Waals surface area contributed by atoms with Crippen molar-refractivity contribution in [2.24, 2.45) is 10.7 Å². The van der Waals surface area contributed by atoms with Gasteiger partial charge in [-0.05, 0) is 0 Å². The summed E-state index contributed by atoms with van der Waals surface area (Å²) in [6.07, 6.45) is 1.35. The van der Waals surface area contributed by atoms with Gasteiger partial charge < -0.3 is 10.5 Å². The van der Waals surface area contributed by atoms with Crippen molar-refractivity contribution in [2.45, 2.75) is 6.42 Å². The lowest BCUT2D eigenvalue weighted by Gasteiger charge is -2.08. The zero-order valence-corrected chi connectivity index (χ0v) is 7.76. The molecular formula is C7H8N2O3S. The Morgan fingerprint density at radius 2 is 2.46 bits per heavy atom. The third kappa shape index (κ3) is 2.90. The van der Waals surface area contributed by atoms with Crippen LogP contribution in [0.1, 0.15) is 6.42 Å². The van der Waals surface area contributed by atoms with Gasteiger partial charge in [-0.15, -0.1) is 0 Å². The van der Waals surface area contributed by atoms with Crippen LogP contribution < -0.4 is 5.73 Å². The van der Waals surface area contributed by atoms with Crippen LogP contribution in [-0.2, 0) is 14.3 Å². The quantitative estimate of drug-likeness (QED) is 0.476. The number of aliphatic imine (C=N–C) groups is 1. The molecule has 1 rings (SSSR count). The van der Waals surface area contributed by atoms with E-state index in [9.17, 15) is 9.59 Å². The van der Waals surface area contributed by atoms with E-state index in [-0.39, 0.29) is 17.5 Å². The Balaban J connectivity index is 2.75. The number of amidine groups is 1. The first-order valence-corrected chi connectivity index (χ1v) is 4.27. The molecule has 0 aliphatic carbocycles. The fourth-order valence-corrected chi connectivity index (χ4v) is 1.54. The summed E-state index contributed by atoms with van der Waals surface area (Å²) in [6, 6.07) is 0. The van der Waals surface area contributed by atoms with Crippen LogP contribution in [0, 0.1) is 0 Å². The van der Waals surface area contributed by atoms with E-state index < -0.39 is 5.97 Å². The molecule has 0 aromatic heterocycles. The lowest BCUT2D eigenvalue weighted by atomic mass is 10.3. The van der Waals surface area contributed by atoms with Crippen LogP contribution in [0.15, 0.2) is 16.0 Å². The van der Waals surface area contributed by atoms with Crippen molar-refractivity contribution in [3.8, 4) is 0 Å². The Morgan fingerprint density at radius 3 is 3.00 bits per heavy atom. The highest BCUT2D eigenvalue weighted by Crippen LogP contribution is 2.24. The number of rotatable bonds is 1. The van der Waals surface area contributed by atoms with E-state index in [2.05, 4.69) is 9.73 Å². The first-order valence-electron chi connectivity index (χ1n) is 3.45. The van der Waals surface area contributed by atoms with Crippen LogP contribution in [0.3, 0.4) is 0 Å². The molecule has 0 fully saturated rings. The number of ether oxygens (including phenoxy) is 1. The van der Waals surface area contributed by atoms with Gasteiger partial charge in [-0.2, -0.15) is 4.99 Å². The van der Waals surface area contributed by atoms with Crippen LogP contribution in [0.25, 0.3) is 0 Å². The predicted octanol–water partition coefficient (Wildman–Crippen LogP) is 0.0215. The number of amides is 1. The summed E-state index contributed by atoms with van der Waals surface area (Å²) in [4.78, 5) is 25.7. The summed E-state index contributed by atoms with van der Waals surface area (Å²) in [5, 5.41) is 0.159. The molecule has 0 bridgehead atoms. The smallest absolute Gasteiger partial charge is 0.331 e. The molecule has 0 saturated carbocycles. The van der Waals surface area contributed by atoms with E-state index in [0.717, 1.165) is 11.8 Å². The molecule has 5 nitrogen and oxygen atoms in total. The van der Waals surface area contributed by atoms with E-state index >= 15 is 0 Å². The van der Waals surface area contributed by atoms with E-state index in [1.54, 1.807) is 0 Å². The van der Waals surface area contributed by atoms with Crippen LogP contribution in [0.4, 0.5) is 0 Å². The Kier molecular flexibility index (Phi) is 3.07.